The number of nitrogens with one attached hydrogen (secondary N) is 1. The number of nitriles is 1. The molecule has 2 aromatic rings. The van der Waals surface area contributed by atoms with Gasteiger partial charge in [-0.15, -0.1) is 12.3 Å². The van der Waals surface area contributed by atoms with E-state index in [0.29, 0.717) is 0 Å². The van der Waals surface area contributed by atoms with Gasteiger partial charge in [0.05, 0.1) is 17.7 Å². The molecule has 1 unspecified atom stereocenters. The van der Waals surface area contributed by atoms with Crippen LogP contribution in [0.2, 0.25) is 0 Å². The summed E-state index contributed by atoms with van der Waals surface area (Å²) in [5.41, 5.74) is -0.199. The predicted molar refractivity (Wildman–Crippen MR) is 81.2 cm³/mol. The highest BCUT2D eigenvalue weighted by Crippen LogP contribution is 2.20. The third kappa shape index (κ3) is 3.72. The number of rotatable bonds is 4. The molecule has 114 valence electrons. The maximum Gasteiger partial charge on any atom is 0.257 e. The third-order valence-electron chi connectivity index (χ3n) is 3.23. The van der Waals surface area contributed by atoms with Gasteiger partial charge < -0.3 is 5.32 Å². The van der Waals surface area contributed by atoms with Crippen LogP contribution in [0.4, 0.5) is 8.78 Å². The molecule has 0 fully saturated rings. The van der Waals surface area contributed by atoms with Gasteiger partial charge in [0.1, 0.15) is 17.2 Å². The van der Waals surface area contributed by atoms with Gasteiger partial charge in [-0.2, -0.15) is 5.26 Å². The van der Waals surface area contributed by atoms with Crippen LogP contribution in [0.5, 0.6) is 0 Å². The fraction of sp³-hybridized carbons (Fsp3) is 0.111. The van der Waals surface area contributed by atoms with Crippen molar-refractivity contribution in [2.45, 2.75) is 12.5 Å². The summed E-state index contributed by atoms with van der Waals surface area (Å²) in [6.45, 7) is 0. The second-order valence-corrected chi connectivity index (χ2v) is 4.77. The molecular weight excluding hydrogens is 298 g/mol. The number of carbonyl (C=O) groups is 1. The van der Waals surface area contributed by atoms with Crippen molar-refractivity contribution in [2.75, 3.05) is 0 Å². The molecule has 3 nitrogen and oxygen atoms in total. The van der Waals surface area contributed by atoms with Crippen LogP contribution in [0.25, 0.3) is 0 Å². The van der Waals surface area contributed by atoms with E-state index in [1.807, 2.05) is 0 Å². The summed E-state index contributed by atoms with van der Waals surface area (Å²) in [6.07, 6.45) is 5.47. The molecule has 0 aliphatic carbocycles. The van der Waals surface area contributed by atoms with Crippen molar-refractivity contribution in [2.24, 2.45) is 0 Å². The van der Waals surface area contributed by atoms with Gasteiger partial charge in [0.2, 0.25) is 0 Å². The van der Waals surface area contributed by atoms with Gasteiger partial charge in [0.15, 0.2) is 0 Å². The molecule has 0 aromatic heterocycles. The number of amides is 1. The van der Waals surface area contributed by atoms with E-state index in [0.717, 1.165) is 17.7 Å². The molecule has 2 aromatic carbocycles. The van der Waals surface area contributed by atoms with Gasteiger partial charge in [-0.05, 0) is 17.7 Å². The summed E-state index contributed by atoms with van der Waals surface area (Å²) in [5.74, 6) is -0.680. The number of halogens is 2. The van der Waals surface area contributed by atoms with Gasteiger partial charge in [-0.1, -0.05) is 30.3 Å². The van der Waals surface area contributed by atoms with E-state index in [1.54, 1.807) is 36.4 Å². The largest absolute Gasteiger partial charge is 0.344 e. The van der Waals surface area contributed by atoms with E-state index in [2.05, 4.69) is 11.2 Å². The Morgan fingerprint density at radius 3 is 2.35 bits per heavy atom. The normalized spacial score (nSPS) is 11.1. The van der Waals surface area contributed by atoms with Gasteiger partial charge in [-0.3, -0.25) is 4.79 Å². The second kappa shape index (κ2) is 7.20. The van der Waals surface area contributed by atoms with Crippen molar-refractivity contribution in [3.63, 3.8) is 0 Å². The van der Waals surface area contributed by atoms with Crippen LogP contribution in [0, 0.1) is 35.3 Å². The van der Waals surface area contributed by atoms with E-state index in [9.17, 15) is 13.6 Å². The Labute approximate surface area is 132 Å². The predicted octanol–water partition coefficient (Wildman–Crippen LogP) is 3.33. The van der Waals surface area contributed by atoms with Crippen molar-refractivity contribution in [3.8, 4) is 18.4 Å². The first-order valence-corrected chi connectivity index (χ1v) is 6.75. The Morgan fingerprint density at radius 1 is 1.22 bits per heavy atom. The van der Waals surface area contributed by atoms with E-state index < -0.39 is 29.1 Å². The number of hydrogen-bond donors (Lipinski definition) is 1. The molecule has 0 saturated carbocycles. The minimum atomic E-state index is -1.09. The van der Waals surface area contributed by atoms with Crippen LogP contribution in [-0.4, -0.2) is 5.91 Å². The monoisotopic (exact) mass is 310 g/mol. The smallest absolute Gasteiger partial charge is 0.257 e. The van der Waals surface area contributed by atoms with Crippen molar-refractivity contribution >= 4 is 5.91 Å². The quantitative estimate of drug-likeness (QED) is 0.881. The molecule has 0 aliphatic heterocycles. The maximum atomic E-state index is 13.9. The molecule has 0 radical (unpaired) electrons. The van der Waals surface area contributed by atoms with Crippen molar-refractivity contribution in [1.29, 1.82) is 5.26 Å². The van der Waals surface area contributed by atoms with Gasteiger partial charge in [-0.25, -0.2) is 8.78 Å². The summed E-state index contributed by atoms with van der Waals surface area (Å²) < 4.78 is 27.8. The van der Waals surface area contributed by atoms with Crippen molar-refractivity contribution < 1.29 is 13.6 Å². The SMILES string of the molecule is C#CCC(NC(=O)c1c(F)cc(C#N)cc1F)c1ccccc1. The highest BCUT2D eigenvalue weighted by atomic mass is 19.1. The first-order chi connectivity index (χ1) is 11.1. The Morgan fingerprint density at radius 2 is 1.83 bits per heavy atom. The number of nitrogens with zero attached hydrogens (tertiary/aromatic N) is 1. The molecule has 0 saturated heterocycles. The highest BCUT2D eigenvalue weighted by Gasteiger charge is 2.22. The zero-order chi connectivity index (χ0) is 16.8. The average molecular weight is 310 g/mol. The number of benzene rings is 2. The Hall–Kier alpha value is -3.18. The molecule has 2 rings (SSSR count). The topological polar surface area (TPSA) is 52.9 Å². The Bertz CT molecular complexity index is 781. The van der Waals surface area contributed by atoms with Crippen LogP contribution < -0.4 is 5.32 Å². The van der Waals surface area contributed by atoms with Crippen LogP contribution in [-0.2, 0) is 0 Å². The lowest BCUT2D eigenvalue weighted by Gasteiger charge is -2.17. The van der Waals surface area contributed by atoms with E-state index in [-0.39, 0.29) is 12.0 Å². The van der Waals surface area contributed by atoms with Crippen LogP contribution in [0.3, 0.4) is 0 Å². The molecule has 5 heteroatoms. The molecule has 0 spiro atoms. The highest BCUT2D eigenvalue weighted by molar-refractivity contribution is 5.95. The van der Waals surface area contributed by atoms with Gasteiger partial charge in [0.25, 0.3) is 5.91 Å². The number of carbonyl (C=O) groups excluding carboxylic acids is 1. The second-order valence-electron chi connectivity index (χ2n) is 4.77. The molecule has 1 amide bonds. The fourth-order valence-electron chi connectivity index (χ4n) is 2.14. The van der Waals surface area contributed by atoms with E-state index >= 15 is 0 Å². The molecule has 1 N–H and O–H groups in total. The first kappa shape index (κ1) is 16.2. The average Bonchev–Trinajstić information content (AvgIpc) is 2.54. The Balaban J connectivity index is 2.30. The van der Waals surface area contributed by atoms with Crippen molar-refractivity contribution in [1.82, 2.24) is 5.32 Å². The maximum absolute atomic E-state index is 13.9. The molecular formula is C18H12F2N2O. The van der Waals surface area contributed by atoms with Crippen LogP contribution in [0.1, 0.15) is 33.9 Å². The summed E-state index contributed by atoms with van der Waals surface area (Å²) in [7, 11) is 0. The van der Waals surface area contributed by atoms with Gasteiger partial charge >= 0.3 is 0 Å². The minimum absolute atomic E-state index is 0.176. The zero-order valence-corrected chi connectivity index (χ0v) is 12.0. The van der Waals surface area contributed by atoms with Crippen molar-refractivity contribution in [3.05, 3.63) is 70.8 Å². The van der Waals surface area contributed by atoms with Gasteiger partial charge in [0, 0.05) is 6.42 Å². The summed E-state index contributed by atoms with van der Waals surface area (Å²) in [6, 6.07) is 11.6. The van der Waals surface area contributed by atoms with Crippen LogP contribution in [0.15, 0.2) is 42.5 Å². The number of hydrogen-bond acceptors (Lipinski definition) is 2. The number of terminal acetylenes is 1. The zero-order valence-electron chi connectivity index (χ0n) is 12.0. The lowest BCUT2D eigenvalue weighted by molar-refractivity contribution is 0.0929. The fourth-order valence-corrected chi connectivity index (χ4v) is 2.14. The molecule has 0 aliphatic rings. The summed E-state index contributed by atoms with van der Waals surface area (Å²) >= 11 is 0. The molecule has 0 heterocycles. The minimum Gasteiger partial charge on any atom is -0.344 e. The van der Waals surface area contributed by atoms with E-state index in [4.69, 9.17) is 11.7 Å². The Kier molecular flexibility index (Phi) is 5.07. The molecule has 1 atom stereocenters. The standard InChI is InChI=1S/C18H12F2N2O/c1-2-6-16(13-7-4-3-5-8-13)22-18(23)17-14(19)9-12(11-21)10-15(17)20/h1,3-5,7-10,16H,6H2,(H,22,23). The lowest BCUT2D eigenvalue weighted by Crippen LogP contribution is -2.30. The first-order valence-electron chi connectivity index (χ1n) is 6.75. The summed E-state index contributed by atoms with van der Waals surface area (Å²) in [5, 5.41) is 11.2. The van der Waals surface area contributed by atoms with E-state index in [1.165, 1.54) is 0 Å². The van der Waals surface area contributed by atoms with Crippen LogP contribution >= 0.6 is 0 Å². The lowest BCUT2D eigenvalue weighted by atomic mass is 10.0. The molecule has 23 heavy (non-hydrogen) atoms. The third-order valence-corrected chi connectivity index (χ3v) is 3.23. The molecule has 0 bridgehead atoms. The summed E-state index contributed by atoms with van der Waals surface area (Å²) in [4.78, 5) is 12.2.